The Kier molecular flexibility index (Phi) is 6.38. The van der Waals surface area contributed by atoms with Gasteiger partial charge in [-0.2, -0.15) is 0 Å². The van der Waals surface area contributed by atoms with E-state index in [1.165, 1.54) is 23.1 Å². The van der Waals surface area contributed by atoms with Gasteiger partial charge in [-0.05, 0) is 61.1 Å². The monoisotopic (exact) mass is 538 g/mol. The van der Waals surface area contributed by atoms with Crippen molar-refractivity contribution in [3.63, 3.8) is 0 Å². The average Bonchev–Trinajstić information content (AvgIpc) is 3.13. The van der Waals surface area contributed by atoms with Crippen molar-refractivity contribution in [1.82, 2.24) is 10.2 Å². The van der Waals surface area contributed by atoms with Crippen LogP contribution in [0, 0.1) is 0 Å². The Morgan fingerprint density at radius 3 is 2.55 bits per heavy atom. The first kappa shape index (κ1) is 26.4. The molecule has 2 aromatic carbocycles. The molecule has 2 aromatic rings. The van der Waals surface area contributed by atoms with E-state index in [1.54, 1.807) is 6.92 Å². The Morgan fingerprint density at radius 1 is 1.16 bits per heavy atom. The molecule has 10 heteroatoms. The zero-order valence-electron chi connectivity index (χ0n) is 21.9. The lowest BCUT2D eigenvalue weighted by atomic mass is 9.87. The number of carbonyl (C=O) groups excluding carboxylic acids is 2. The van der Waals surface area contributed by atoms with Crippen LogP contribution in [0.5, 0.6) is 0 Å². The Balaban J connectivity index is 1.51. The lowest BCUT2D eigenvalue weighted by Crippen LogP contribution is -2.53. The molecule has 2 aliphatic heterocycles. The van der Waals surface area contributed by atoms with Gasteiger partial charge in [-0.3, -0.25) is 14.5 Å². The van der Waals surface area contributed by atoms with Gasteiger partial charge in [0.15, 0.2) is 15.8 Å². The fourth-order valence-corrected chi connectivity index (χ4v) is 7.69. The van der Waals surface area contributed by atoms with E-state index in [-0.39, 0.29) is 40.9 Å². The summed E-state index contributed by atoms with van der Waals surface area (Å²) in [5, 5.41) is 14.0. The van der Waals surface area contributed by atoms with Crippen molar-refractivity contribution < 1.29 is 23.1 Å². The molecule has 4 N–H and O–H groups in total. The lowest BCUT2D eigenvalue weighted by Gasteiger charge is -2.41. The molecule has 0 bridgehead atoms. The van der Waals surface area contributed by atoms with Gasteiger partial charge in [0.2, 0.25) is 5.91 Å². The molecule has 0 aromatic heterocycles. The summed E-state index contributed by atoms with van der Waals surface area (Å²) in [4.78, 5) is 32.9. The highest BCUT2D eigenvalue weighted by Crippen LogP contribution is 2.41. The fourth-order valence-electron chi connectivity index (χ4n) is 6.10. The number of aliphatic hydroxyl groups is 1. The molecule has 9 nitrogen and oxygen atoms in total. The quantitative estimate of drug-likeness (QED) is 0.534. The van der Waals surface area contributed by atoms with Gasteiger partial charge in [0.25, 0.3) is 5.91 Å². The summed E-state index contributed by atoms with van der Waals surface area (Å²) < 4.78 is 25.9. The highest BCUT2D eigenvalue weighted by atomic mass is 32.2. The number of carbonyl (C=O) groups is 2. The molecule has 38 heavy (non-hydrogen) atoms. The Labute approximate surface area is 223 Å². The first-order valence-corrected chi connectivity index (χ1v) is 14.7. The van der Waals surface area contributed by atoms with Crippen LogP contribution in [0.4, 0.5) is 0 Å². The number of rotatable bonds is 5. The summed E-state index contributed by atoms with van der Waals surface area (Å²) in [7, 11) is -3.59. The summed E-state index contributed by atoms with van der Waals surface area (Å²) in [5.41, 5.74) is 7.01. The number of hydrogen-bond acceptors (Lipinski definition) is 7. The van der Waals surface area contributed by atoms with Crippen LogP contribution >= 0.6 is 0 Å². The molecular formula is C28H34N4O5S. The van der Waals surface area contributed by atoms with E-state index >= 15 is 0 Å². The molecular weight excluding hydrogens is 504 g/mol. The zero-order chi connectivity index (χ0) is 27.5. The predicted octanol–water partition coefficient (Wildman–Crippen LogP) is 2.79. The molecule has 3 atom stereocenters. The topological polar surface area (TPSA) is 142 Å². The van der Waals surface area contributed by atoms with Gasteiger partial charge in [-0.15, -0.1) is 0 Å². The minimum Gasteiger partial charge on any atom is -0.387 e. The number of sulfone groups is 1. The number of nitrogens with two attached hydrogens (primary N) is 1. The second-order valence-corrected chi connectivity index (χ2v) is 12.9. The van der Waals surface area contributed by atoms with Crippen LogP contribution < -0.4 is 11.1 Å². The molecule has 1 aliphatic carbocycles. The molecule has 0 saturated heterocycles. The average molecular weight is 539 g/mol. The van der Waals surface area contributed by atoms with Gasteiger partial charge < -0.3 is 16.2 Å². The molecule has 0 spiro atoms. The van der Waals surface area contributed by atoms with Crippen LogP contribution in [0.2, 0.25) is 0 Å². The van der Waals surface area contributed by atoms with Gasteiger partial charge in [0.1, 0.15) is 0 Å². The standard InChI is InChI=1S/C28H34N4O5S/c1-4-28(5-2)16-23(33)32(26(29)31-28)21-12-13-38(36,37)22-11-10-17(14-20(21)22)25(34)30-24-19-9-7-6-8-18(19)15-27(24,3)35/h6-11,14,21,24,35H,4-5,12-13,15-16H2,1-3H3,(H2,29,31)(H,30,34)/t21-,24-,27-/m1/s1. The maximum absolute atomic E-state index is 13.4. The van der Waals surface area contributed by atoms with Gasteiger partial charge in [0, 0.05) is 12.0 Å². The normalized spacial score (nSPS) is 27.3. The minimum atomic E-state index is -3.59. The molecule has 0 fully saturated rings. The molecule has 2 amide bonds. The van der Waals surface area contributed by atoms with Crippen LogP contribution in [0.25, 0.3) is 0 Å². The van der Waals surface area contributed by atoms with Crippen molar-refractivity contribution in [2.75, 3.05) is 5.75 Å². The smallest absolute Gasteiger partial charge is 0.251 e. The number of guanidine groups is 1. The van der Waals surface area contributed by atoms with Gasteiger partial charge >= 0.3 is 0 Å². The van der Waals surface area contributed by atoms with Crippen molar-refractivity contribution in [3.05, 3.63) is 64.7 Å². The Hall–Kier alpha value is -3.24. The highest BCUT2D eigenvalue weighted by molar-refractivity contribution is 7.91. The van der Waals surface area contributed by atoms with E-state index in [9.17, 15) is 23.1 Å². The van der Waals surface area contributed by atoms with Crippen LogP contribution in [-0.2, 0) is 21.1 Å². The van der Waals surface area contributed by atoms with Crippen LogP contribution in [0.3, 0.4) is 0 Å². The number of nitrogens with one attached hydrogen (secondary N) is 1. The fraction of sp³-hybridized carbons (Fsp3) is 0.464. The summed E-state index contributed by atoms with van der Waals surface area (Å²) in [5.74, 6) is -0.709. The third kappa shape index (κ3) is 4.29. The van der Waals surface area contributed by atoms with Crippen molar-refractivity contribution in [2.24, 2.45) is 10.7 Å². The maximum Gasteiger partial charge on any atom is 0.251 e. The van der Waals surface area contributed by atoms with E-state index in [4.69, 9.17) is 5.73 Å². The zero-order valence-corrected chi connectivity index (χ0v) is 22.7. The summed E-state index contributed by atoms with van der Waals surface area (Å²) >= 11 is 0. The molecule has 3 aliphatic rings. The van der Waals surface area contributed by atoms with Gasteiger partial charge in [-0.1, -0.05) is 38.1 Å². The summed E-state index contributed by atoms with van der Waals surface area (Å²) in [6, 6.07) is 10.7. The highest BCUT2D eigenvalue weighted by Gasteiger charge is 2.44. The van der Waals surface area contributed by atoms with E-state index in [2.05, 4.69) is 10.3 Å². The molecule has 2 heterocycles. The third-order valence-electron chi connectivity index (χ3n) is 8.41. The van der Waals surface area contributed by atoms with Crippen molar-refractivity contribution >= 4 is 27.6 Å². The second kappa shape index (κ2) is 9.20. The number of amides is 2. The molecule has 5 rings (SSSR count). The van der Waals surface area contributed by atoms with Crippen LogP contribution in [0.15, 0.2) is 52.4 Å². The lowest BCUT2D eigenvalue weighted by molar-refractivity contribution is -0.131. The van der Waals surface area contributed by atoms with Crippen LogP contribution in [-0.4, -0.2) is 53.1 Å². The van der Waals surface area contributed by atoms with Crippen molar-refractivity contribution in [3.8, 4) is 0 Å². The SMILES string of the molecule is CCC1(CC)CC(=O)N([C@@H]2CCS(=O)(=O)c3ccc(C(=O)N[C@@H]4c5ccccc5C[C@@]4(C)O)cc32)C(N)=N1. The maximum atomic E-state index is 13.4. The molecule has 202 valence electrons. The van der Waals surface area contributed by atoms with E-state index < -0.39 is 39.0 Å². The van der Waals surface area contributed by atoms with Crippen molar-refractivity contribution in [2.45, 2.75) is 81.0 Å². The Bertz CT molecular complexity index is 1440. The number of hydrogen-bond donors (Lipinski definition) is 3. The van der Waals surface area contributed by atoms with Gasteiger partial charge in [0.05, 0.1) is 40.3 Å². The van der Waals surface area contributed by atoms with Crippen LogP contribution in [0.1, 0.15) is 85.6 Å². The summed E-state index contributed by atoms with van der Waals surface area (Å²) in [6.45, 7) is 5.62. The molecule has 0 unspecified atom stereocenters. The predicted molar refractivity (Wildman–Crippen MR) is 143 cm³/mol. The third-order valence-corrected chi connectivity index (χ3v) is 10.2. The number of benzene rings is 2. The summed E-state index contributed by atoms with van der Waals surface area (Å²) in [6.07, 6.45) is 2.08. The number of aliphatic imine (C=N–C) groups is 1. The minimum absolute atomic E-state index is 0.0775. The second-order valence-electron chi connectivity index (χ2n) is 10.9. The largest absolute Gasteiger partial charge is 0.387 e. The molecule has 0 radical (unpaired) electrons. The molecule has 0 saturated carbocycles. The van der Waals surface area contributed by atoms with E-state index in [0.29, 0.717) is 24.8 Å². The van der Waals surface area contributed by atoms with E-state index in [0.717, 1.165) is 11.1 Å². The van der Waals surface area contributed by atoms with Gasteiger partial charge in [-0.25, -0.2) is 13.4 Å². The first-order chi connectivity index (χ1) is 17.9. The number of nitrogens with zero attached hydrogens (tertiary/aromatic N) is 2. The number of fused-ring (bicyclic) bond motifs is 2. The first-order valence-electron chi connectivity index (χ1n) is 13.1. The van der Waals surface area contributed by atoms with E-state index in [1.807, 2.05) is 38.1 Å². The Morgan fingerprint density at radius 2 is 1.87 bits per heavy atom. The van der Waals surface area contributed by atoms with Crippen molar-refractivity contribution in [1.29, 1.82) is 0 Å².